The fraction of sp³-hybridized carbons (Fsp3) is 0.280. The molecular weight excluding hydrogens is 454 g/mol. The molecule has 8 nitrogen and oxygen atoms in total. The molecule has 0 radical (unpaired) electrons. The van der Waals surface area contributed by atoms with Crippen molar-refractivity contribution in [3.05, 3.63) is 72.3 Å². The number of nitrogens with one attached hydrogen (secondary N) is 3. The molecule has 0 aliphatic carbocycles. The molecule has 180 valence electrons. The van der Waals surface area contributed by atoms with Crippen LogP contribution in [0.3, 0.4) is 0 Å². The van der Waals surface area contributed by atoms with Gasteiger partial charge in [-0.25, -0.2) is 17.9 Å². The van der Waals surface area contributed by atoms with Crippen molar-refractivity contribution >= 4 is 38.5 Å². The molecule has 2 amide bonds. The van der Waals surface area contributed by atoms with E-state index in [-0.39, 0.29) is 24.0 Å². The zero-order valence-electron chi connectivity index (χ0n) is 19.4. The molecule has 0 aliphatic rings. The van der Waals surface area contributed by atoms with Crippen molar-refractivity contribution in [2.45, 2.75) is 38.3 Å². The lowest BCUT2D eigenvalue weighted by Gasteiger charge is -2.22. The number of hydrogen-bond acceptors (Lipinski definition) is 5. The molecule has 3 N–H and O–H groups in total. The molecule has 0 saturated carbocycles. The Morgan fingerprint density at radius 2 is 1.59 bits per heavy atom. The molecule has 3 aromatic rings. The normalized spacial score (nSPS) is 12.4. The second kappa shape index (κ2) is 11.1. The molecule has 0 bridgehead atoms. The third-order valence-electron chi connectivity index (χ3n) is 5.20. The van der Waals surface area contributed by atoms with Crippen LogP contribution in [0.5, 0.6) is 0 Å². The summed E-state index contributed by atoms with van der Waals surface area (Å²) in [6.07, 6.45) is -0.699. The highest BCUT2D eigenvalue weighted by Gasteiger charge is 2.26. The highest BCUT2D eigenvalue weighted by atomic mass is 32.2. The average molecular weight is 484 g/mol. The average Bonchev–Trinajstić information content (AvgIpc) is 2.81. The molecular formula is C25H29N3O5S. The van der Waals surface area contributed by atoms with Gasteiger partial charge in [0.15, 0.2) is 0 Å². The minimum atomic E-state index is -3.69. The van der Waals surface area contributed by atoms with E-state index < -0.39 is 28.1 Å². The summed E-state index contributed by atoms with van der Waals surface area (Å²) in [5, 5.41) is 6.52. The van der Waals surface area contributed by atoms with Crippen LogP contribution in [0.25, 0.3) is 10.8 Å². The van der Waals surface area contributed by atoms with E-state index in [4.69, 9.17) is 4.74 Å². The van der Waals surface area contributed by atoms with E-state index in [1.54, 1.807) is 37.3 Å². The van der Waals surface area contributed by atoms with Crippen LogP contribution in [0, 0.1) is 5.92 Å². The van der Waals surface area contributed by atoms with E-state index in [1.807, 2.05) is 44.2 Å². The number of hydrogen-bond donors (Lipinski definition) is 3. The van der Waals surface area contributed by atoms with Gasteiger partial charge in [0, 0.05) is 23.0 Å². The summed E-state index contributed by atoms with van der Waals surface area (Å²) in [6.45, 7) is 5.68. The first kappa shape index (κ1) is 25.2. The number of alkyl carbamates (subject to hydrolysis) is 1. The minimum absolute atomic E-state index is 0.0888. The fourth-order valence-electron chi connectivity index (χ4n) is 3.53. The highest BCUT2D eigenvalue weighted by molar-refractivity contribution is 7.89. The number of carbonyl (C=O) groups excluding carboxylic acids is 2. The Labute approximate surface area is 199 Å². The van der Waals surface area contributed by atoms with Gasteiger partial charge in [0.1, 0.15) is 12.6 Å². The van der Waals surface area contributed by atoms with Gasteiger partial charge in [0.2, 0.25) is 15.9 Å². The number of rotatable bonds is 9. The summed E-state index contributed by atoms with van der Waals surface area (Å²) >= 11 is 0. The molecule has 0 saturated heterocycles. The van der Waals surface area contributed by atoms with Crippen LogP contribution >= 0.6 is 0 Å². The Hall–Kier alpha value is -3.43. The third-order valence-corrected chi connectivity index (χ3v) is 6.80. The van der Waals surface area contributed by atoms with Gasteiger partial charge in [0.05, 0.1) is 4.90 Å². The van der Waals surface area contributed by atoms with Gasteiger partial charge in [-0.15, -0.1) is 0 Å². The minimum Gasteiger partial charge on any atom is -0.445 e. The molecule has 0 heterocycles. The maximum Gasteiger partial charge on any atom is 0.408 e. The molecule has 3 aromatic carbocycles. The quantitative estimate of drug-likeness (QED) is 0.425. The molecule has 0 fully saturated rings. The summed E-state index contributed by atoms with van der Waals surface area (Å²) in [5.74, 6) is -0.650. The van der Waals surface area contributed by atoms with Crippen LogP contribution < -0.4 is 15.4 Å². The number of ether oxygens (including phenoxy) is 1. The summed E-state index contributed by atoms with van der Waals surface area (Å²) in [4.78, 5) is 25.5. The van der Waals surface area contributed by atoms with Gasteiger partial charge in [-0.1, -0.05) is 75.4 Å². The third kappa shape index (κ3) is 6.12. The molecule has 0 spiro atoms. The summed E-state index contributed by atoms with van der Waals surface area (Å²) in [6, 6.07) is 18.3. The number of sulfonamides is 1. The Morgan fingerprint density at radius 1 is 0.912 bits per heavy atom. The molecule has 34 heavy (non-hydrogen) atoms. The lowest BCUT2D eigenvalue weighted by Crippen LogP contribution is -2.47. The highest BCUT2D eigenvalue weighted by Crippen LogP contribution is 2.29. The summed E-state index contributed by atoms with van der Waals surface area (Å²) in [5.41, 5.74) is 1.28. The summed E-state index contributed by atoms with van der Waals surface area (Å²) < 4.78 is 32.9. The van der Waals surface area contributed by atoms with Gasteiger partial charge in [0.25, 0.3) is 0 Å². The first-order chi connectivity index (χ1) is 16.2. The predicted octanol–water partition coefficient (Wildman–Crippen LogP) is 4.03. The van der Waals surface area contributed by atoms with Crippen molar-refractivity contribution in [2.75, 3.05) is 11.9 Å². The number of carbonyl (C=O) groups is 2. The van der Waals surface area contributed by atoms with E-state index in [2.05, 4.69) is 15.4 Å². The second-order valence-electron chi connectivity index (χ2n) is 8.08. The van der Waals surface area contributed by atoms with E-state index in [0.717, 1.165) is 5.56 Å². The molecule has 0 aromatic heterocycles. The van der Waals surface area contributed by atoms with Crippen LogP contribution in [0.4, 0.5) is 10.5 Å². The van der Waals surface area contributed by atoms with E-state index >= 15 is 0 Å². The monoisotopic (exact) mass is 483 g/mol. The number of benzene rings is 3. The van der Waals surface area contributed by atoms with E-state index in [1.165, 1.54) is 6.07 Å². The Balaban J connectivity index is 1.78. The van der Waals surface area contributed by atoms with Gasteiger partial charge in [-0.05, 0) is 23.6 Å². The molecule has 3 rings (SSSR count). The van der Waals surface area contributed by atoms with E-state index in [0.29, 0.717) is 16.5 Å². The first-order valence-corrected chi connectivity index (χ1v) is 12.5. The largest absolute Gasteiger partial charge is 0.445 e. The maximum atomic E-state index is 13.1. The lowest BCUT2D eigenvalue weighted by atomic mass is 10.0. The van der Waals surface area contributed by atoms with Crippen molar-refractivity contribution in [1.82, 2.24) is 10.0 Å². The molecule has 0 aliphatic heterocycles. The SMILES string of the molecule is CCNS(=O)(=O)c1cccc2c(NC(=O)[C@@H](NC(=O)OCc3ccccc3)C(C)C)cccc12. The van der Waals surface area contributed by atoms with Gasteiger partial charge >= 0.3 is 6.09 Å². The molecule has 1 atom stereocenters. The second-order valence-corrected chi connectivity index (χ2v) is 9.81. The van der Waals surface area contributed by atoms with Crippen LogP contribution in [0.15, 0.2) is 71.6 Å². The fourth-order valence-corrected chi connectivity index (χ4v) is 4.79. The predicted molar refractivity (Wildman–Crippen MR) is 132 cm³/mol. The van der Waals surface area contributed by atoms with Crippen molar-refractivity contribution in [3.8, 4) is 0 Å². The van der Waals surface area contributed by atoms with Gasteiger partial charge in [-0.3, -0.25) is 4.79 Å². The van der Waals surface area contributed by atoms with Crippen molar-refractivity contribution < 1.29 is 22.7 Å². The smallest absolute Gasteiger partial charge is 0.408 e. The number of amides is 2. The molecule has 9 heteroatoms. The number of fused-ring (bicyclic) bond motifs is 1. The van der Waals surface area contributed by atoms with Crippen LogP contribution in [-0.2, 0) is 26.2 Å². The van der Waals surface area contributed by atoms with Crippen molar-refractivity contribution in [1.29, 1.82) is 0 Å². The van der Waals surface area contributed by atoms with Gasteiger partial charge < -0.3 is 15.4 Å². The first-order valence-electron chi connectivity index (χ1n) is 11.0. The summed E-state index contributed by atoms with van der Waals surface area (Å²) in [7, 11) is -3.69. The van der Waals surface area contributed by atoms with Crippen LogP contribution in [0.2, 0.25) is 0 Å². The lowest BCUT2D eigenvalue weighted by molar-refractivity contribution is -0.119. The maximum absolute atomic E-state index is 13.1. The van der Waals surface area contributed by atoms with Crippen molar-refractivity contribution in [2.24, 2.45) is 5.92 Å². The van der Waals surface area contributed by atoms with Gasteiger partial charge in [-0.2, -0.15) is 0 Å². The standard InChI is InChI=1S/C25H29N3O5S/c1-4-26-34(31,32)22-15-9-12-19-20(22)13-8-14-21(19)27-24(29)23(17(2)3)28-25(30)33-16-18-10-6-5-7-11-18/h5-15,17,23,26H,4,16H2,1-3H3,(H,27,29)(H,28,30)/t23-/m0/s1. The Kier molecular flexibility index (Phi) is 8.25. The Morgan fingerprint density at radius 3 is 2.26 bits per heavy atom. The number of anilines is 1. The van der Waals surface area contributed by atoms with E-state index in [9.17, 15) is 18.0 Å². The van der Waals surface area contributed by atoms with Crippen LogP contribution in [0.1, 0.15) is 26.3 Å². The Bertz CT molecular complexity index is 1260. The zero-order chi connectivity index (χ0) is 24.7. The zero-order valence-corrected chi connectivity index (χ0v) is 20.2. The van der Waals surface area contributed by atoms with Crippen molar-refractivity contribution in [3.63, 3.8) is 0 Å². The topological polar surface area (TPSA) is 114 Å². The molecule has 0 unspecified atom stereocenters. The van der Waals surface area contributed by atoms with Crippen LogP contribution in [-0.4, -0.2) is 33.0 Å².